The van der Waals surface area contributed by atoms with E-state index in [2.05, 4.69) is 0 Å². The fourth-order valence-corrected chi connectivity index (χ4v) is 2.20. The van der Waals surface area contributed by atoms with Gasteiger partial charge in [-0.15, -0.1) is 0 Å². The van der Waals surface area contributed by atoms with Crippen LogP contribution < -0.4 is 0 Å². The Kier molecular flexibility index (Phi) is 6.53. The maximum Gasteiger partial charge on any atom is 0.325 e. The first-order valence-electron chi connectivity index (χ1n) is 6.19. The molecule has 0 saturated heterocycles. The number of hydrogen-bond acceptors (Lipinski definition) is 6. The second-order valence-corrected chi connectivity index (χ2v) is 5.14. The molecule has 0 spiro atoms. The molecule has 0 aliphatic rings. The summed E-state index contributed by atoms with van der Waals surface area (Å²) in [5.74, 6) is -3.18. The van der Waals surface area contributed by atoms with E-state index in [9.17, 15) is 19.7 Å². The molecule has 0 bridgehead atoms. The molecule has 0 N–H and O–H groups in total. The van der Waals surface area contributed by atoms with Gasteiger partial charge in [-0.25, -0.2) is 0 Å². The number of rotatable bonds is 6. The molecule has 114 valence electrons. The lowest BCUT2D eigenvalue weighted by molar-refractivity contribution is -0.385. The van der Waals surface area contributed by atoms with E-state index in [1.807, 2.05) is 22.6 Å². The Labute approximate surface area is 134 Å². The molecule has 1 rings (SSSR count). The molecule has 0 saturated carbocycles. The van der Waals surface area contributed by atoms with Crippen LogP contribution in [0.15, 0.2) is 18.2 Å². The Hall–Kier alpha value is -1.71. The third kappa shape index (κ3) is 4.38. The summed E-state index contributed by atoms with van der Waals surface area (Å²) >= 11 is 1.91. The number of benzene rings is 1. The predicted octanol–water partition coefficient (Wildman–Crippen LogP) is 2.41. The molecule has 1 aromatic carbocycles. The zero-order chi connectivity index (χ0) is 16.0. The molecule has 7 nitrogen and oxygen atoms in total. The Bertz CT molecular complexity index is 542. The van der Waals surface area contributed by atoms with Crippen LogP contribution in [0, 0.1) is 13.7 Å². The van der Waals surface area contributed by atoms with Crippen LogP contribution in [0.3, 0.4) is 0 Å². The van der Waals surface area contributed by atoms with Gasteiger partial charge in [-0.3, -0.25) is 19.7 Å². The number of esters is 2. The van der Waals surface area contributed by atoms with E-state index in [-0.39, 0.29) is 24.5 Å². The van der Waals surface area contributed by atoms with Crippen molar-refractivity contribution in [2.24, 2.45) is 0 Å². The third-order valence-corrected chi connectivity index (χ3v) is 3.22. The van der Waals surface area contributed by atoms with Crippen LogP contribution in [0.25, 0.3) is 0 Å². The maximum atomic E-state index is 12.0. The highest BCUT2D eigenvalue weighted by Gasteiger charge is 2.36. The number of carbonyl (C=O) groups is 2. The number of ether oxygens (including phenoxy) is 2. The lowest BCUT2D eigenvalue weighted by Gasteiger charge is -2.15. The number of nitrogens with zero attached hydrogens (tertiary/aromatic N) is 1. The zero-order valence-corrected chi connectivity index (χ0v) is 13.7. The fourth-order valence-electron chi connectivity index (χ4n) is 1.72. The second kappa shape index (κ2) is 7.91. The van der Waals surface area contributed by atoms with Crippen molar-refractivity contribution in [3.05, 3.63) is 37.4 Å². The fraction of sp³-hybridized carbons (Fsp3) is 0.385. The summed E-state index contributed by atoms with van der Waals surface area (Å²) < 4.78 is 10.3. The second-order valence-electron chi connectivity index (χ2n) is 3.90. The van der Waals surface area contributed by atoms with Gasteiger partial charge in [-0.2, -0.15) is 0 Å². The summed E-state index contributed by atoms with van der Waals surface area (Å²) in [6, 6.07) is 4.24. The van der Waals surface area contributed by atoms with E-state index in [1.165, 1.54) is 12.1 Å². The highest BCUT2D eigenvalue weighted by atomic mass is 127. The van der Waals surface area contributed by atoms with Crippen molar-refractivity contribution in [2.45, 2.75) is 19.8 Å². The Morgan fingerprint density at radius 1 is 1.24 bits per heavy atom. The lowest BCUT2D eigenvalue weighted by Crippen LogP contribution is -2.27. The number of nitro groups is 1. The first kappa shape index (κ1) is 17.3. The molecule has 0 unspecified atom stereocenters. The number of halogens is 1. The van der Waals surface area contributed by atoms with Gasteiger partial charge in [0.25, 0.3) is 5.69 Å². The van der Waals surface area contributed by atoms with Gasteiger partial charge in [-0.1, -0.05) is 0 Å². The average molecular weight is 407 g/mol. The van der Waals surface area contributed by atoms with Gasteiger partial charge in [0.1, 0.15) is 0 Å². The molecule has 0 amide bonds. The molecule has 0 radical (unpaired) electrons. The first-order valence-corrected chi connectivity index (χ1v) is 7.27. The number of carbonyl (C=O) groups excluding carboxylic acids is 2. The normalized spacial score (nSPS) is 10.3. The van der Waals surface area contributed by atoms with Gasteiger partial charge < -0.3 is 9.47 Å². The molecule has 0 aromatic heterocycles. The van der Waals surface area contributed by atoms with Gasteiger partial charge in [0.05, 0.1) is 23.7 Å². The molecular weight excluding hydrogens is 393 g/mol. The minimum atomic E-state index is -1.46. The Morgan fingerprint density at radius 3 is 2.19 bits per heavy atom. The van der Waals surface area contributed by atoms with Gasteiger partial charge in [0.15, 0.2) is 5.92 Å². The molecule has 1 aromatic rings. The molecule has 0 heterocycles. The topological polar surface area (TPSA) is 95.7 Å². The van der Waals surface area contributed by atoms with Crippen LogP contribution >= 0.6 is 22.6 Å². The maximum absolute atomic E-state index is 12.0. The zero-order valence-electron chi connectivity index (χ0n) is 11.5. The number of nitro benzene ring substituents is 1. The SMILES string of the molecule is CCOC(=O)C(C(=O)OCC)c1ccc(I)cc1[N+](=O)[O-]. The largest absolute Gasteiger partial charge is 0.465 e. The van der Waals surface area contributed by atoms with Crippen LogP contribution in [0.1, 0.15) is 25.3 Å². The minimum Gasteiger partial charge on any atom is -0.465 e. The molecule has 0 atom stereocenters. The van der Waals surface area contributed by atoms with Crippen molar-refractivity contribution in [1.29, 1.82) is 0 Å². The van der Waals surface area contributed by atoms with E-state index in [1.54, 1.807) is 19.9 Å². The summed E-state index contributed by atoms with van der Waals surface area (Å²) in [5, 5.41) is 11.1. The molecule has 21 heavy (non-hydrogen) atoms. The van der Waals surface area contributed by atoms with Gasteiger partial charge in [-0.05, 0) is 48.6 Å². The molecule has 8 heteroatoms. The van der Waals surface area contributed by atoms with Gasteiger partial charge in [0, 0.05) is 9.64 Å². The summed E-state index contributed by atoms with van der Waals surface area (Å²) in [5.41, 5.74) is -0.342. The van der Waals surface area contributed by atoms with Crippen LogP contribution in [0.5, 0.6) is 0 Å². The van der Waals surface area contributed by atoms with Crippen molar-refractivity contribution in [1.82, 2.24) is 0 Å². The van der Waals surface area contributed by atoms with E-state index >= 15 is 0 Å². The third-order valence-electron chi connectivity index (χ3n) is 2.54. The Morgan fingerprint density at radius 2 is 1.76 bits per heavy atom. The van der Waals surface area contributed by atoms with Crippen LogP contribution in [-0.2, 0) is 19.1 Å². The van der Waals surface area contributed by atoms with Crippen LogP contribution in [-0.4, -0.2) is 30.1 Å². The minimum absolute atomic E-state index is 0.0303. The van der Waals surface area contributed by atoms with Crippen LogP contribution in [0.2, 0.25) is 0 Å². The van der Waals surface area contributed by atoms with Crippen molar-refractivity contribution < 1.29 is 24.0 Å². The van der Waals surface area contributed by atoms with Crippen molar-refractivity contribution in [3.63, 3.8) is 0 Å². The summed E-state index contributed by atoms with van der Waals surface area (Å²) in [6.45, 7) is 3.30. The van der Waals surface area contributed by atoms with Gasteiger partial charge in [0.2, 0.25) is 0 Å². The summed E-state index contributed by atoms with van der Waals surface area (Å²) in [7, 11) is 0. The van der Waals surface area contributed by atoms with Crippen molar-refractivity contribution in [2.75, 3.05) is 13.2 Å². The molecule has 0 aliphatic carbocycles. The molecular formula is C13H14INO6. The highest BCUT2D eigenvalue weighted by Crippen LogP contribution is 2.30. The van der Waals surface area contributed by atoms with E-state index in [0.29, 0.717) is 3.57 Å². The first-order chi connectivity index (χ1) is 9.92. The summed E-state index contributed by atoms with van der Waals surface area (Å²) in [6.07, 6.45) is 0. The van der Waals surface area contributed by atoms with Gasteiger partial charge >= 0.3 is 11.9 Å². The van der Waals surface area contributed by atoms with E-state index in [0.717, 1.165) is 0 Å². The standard InChI is InChI=1S/C13H14INO6/c1-3-20-12(16)11(13(17)21-4-2)9-6-5-8(14)7-10(9)15(18)19/h5-7,11H,3-4H2,1-2H3. The highest BCUT2D eigenvalue weighted by molar-refractivity contribution is 14.1. The van der Waals surface area contributed by atoms with E-state index in [4.69, 9.17) is 9.47 Å². The monoisotopic (exact) mass is 407 g/mol. The lowest BCUT2D eigenvalue weighted by atomic mass is 9.97. The van der Waals surface area contributed by atoms with Crippen LogP contribution in [0.4, 0.5) is 5.69 Å². The number of hydrogen-bond donors (Lipinski definition) is 0. The predicted molar refractivity (Wildman–Crippen MR) is 81.8 cm³/mol. The Balaban J connectivity index is 3.35. The molecule has 0 fully saturated rings. The smallest absolute Gasteiger partial charge is 0.325 e. The average Bonchev–Trinajstić information content (AvgIpc) is 2.41. The molecule has 0 aliphatic heterocycles. The van der Waals surface area contributed by atoms with Crippen molar-refractivity contribution in [3.8, 4) is 0 Å². The summed E-state index contributed by atoms with van der Waals surface area (Å²) in [4.78, 5) is 34.4. The van der Waals surface area contributed by atoms with Crippen molar-refractivity contribution >= 4 is 40.2 Å². The van der Waals surface area contributed by atoms with E-state index < -0.39 is 22.8 Å². The quantitative estimate of drug-likeness (QED) is 0.236.